The molecule has 17 nitrogen and oxygen atoms in total. The van der Waals surface area contributed by atoms with Gasteiger partial charge in [0.2, 0.25) is 11.8 Å². The minimum absolute atomic E-state index is 0.00777. The minimum Gasteiger partial charge on any atom is -0.399 e. The normalized spacial score (nSPS) is 14.3. The zero-order chi connectivity index (χ0) is 35.9. The van der Waals surface area contributed by atoms with Crippen LogP contribution in [0.2, 0.25) is 0 Å². The SMILES string of the molecule is Cn1nc(I)c2cc([N+](=O)[O-])ccc21.Cn1nc(N2CCCC2=O)c2cc(N)ccc21.Cn1nc(N2CCCC2=O)c2cc([N+](=O)[O-])ccc21. The summed E-state index contributed by atoms with van der Waals surface area (Å²) >= 11 is 2.06. The molecule has 0 aliphatic carbocycles. The predicted molar refractivity (Wildman–Crippen MR) is 196 cm³/mol. The Balaban J connectivity index is 0.000000131. The van der Waals surface area contributed by atoms with Crippen LogP contribution >= 0.6 is 22.6 Å². The number of fused-ring (bicyclic) bond motifs is 3. The van der Waals surface area contributed by atoms with E-state index in [0.29, 0.717) is 36.3 Å². The number of aromatic nitrogens is 6. The van der Waals surface area contributed by atoms with Crippen molar-refractivity contribution in [3.8, 4) is 0 Å². The first-order valence-electron chi connectivity index (χ1n) is 15.5. The third kappa shape index (κ3) is 6.52. The van der Waals surface area contributed by atoms with Crippen LogP contribution < -0.4 is 15.5 Å². The number of hydrogen-bond donors (Lipinski definition) is 1. The molecule has 3 aromatic carbocycles. The monoisotopic (exact) mass is 793 g/mol. The number of non-ortho nitro benzene ring substituents is 2. The van der Waals surface area contributed by atoms with Gasteiger partial charge in [-0.05, 0) is 65.8 Å². The van der Waals surface area contributed by atoms with Crippen molar-refractivity contribution in [1.82, 2.24) is 29.3 Å². The highest BCUT2D eigenvalue weighted by atomic mass is 127. The summed E-state index contributed by atoms with van der Waals surface area (Å²) < 4.78 is 5.92. The third-order valence-electron chi connectivity index (χ3n) is 8.54. The maximum Gasteiger partial charge on any atom is 0.270 e. The largest absolute Gasteiger partial charge is 0.399 e. The maximum absolute atomic E-state index is 11.8. The fourth-order valence-corrected chi connectivity index (χ4v) is 6.84. The van der Waals surface area contributed by atoms with Crippen LogP contribution in [0.4, 0.5) is 28.7 Å². The van der Waals surface area contributed by atoms with Crippen molar-refractivity contribution in [2.24, 2.45) is 21.1 Å². The summed E-state index contributed by atoms with van der Waals surface area (Å²) in [7, 11) is 5.46. The molecule has 0 bridgehead atoms. The summed E-state index contributed by atoms with van der Waals surface area (Å²) in [5.41, 5.74) is 9.27. The lowest BCUT2D eigenvalue weighted by Gasteiger charge is -2.12. The lowest BCUT2D eigenvalue weighted by atomic mass is 10.2. The van der Waals surface area contributed by atoms with Crippen LogP contribution in [0.3, 0.4) is 0 Å². The van der Waals surface area contributed by atoms with Gasteiger partial charge in [0.1, 0.15) is 3.70 Å². The summed E-state index contributed by atoms with van der Waals surface area (Å²) in [4.78, 5) is 47.4. The molecule has 0 radical (unpaired) electrons. The highest BCUT2D eigenvalue weighted by molar-refractivity contribution is 14.1. The fourth-order valence-electron chi connectivity index (χ4n) is 6.08. The zero-order valence-electron chi connectivity index (χ0n) is 27.3. The second-order valence-electron chi connectivity index (χ2n) is 11.8. The van der Waals surface area contributed by atoms with Gasteiger partial charge < -0.3 is 5.73 Å². The van der Waals surface area contributed by atoms with Gasteiger partial charge in [0.25, 0.3) is 11.4 Å². The molecule has 2 aliphatic heterocycles. The molecule has 0 unspecified atom stereocenters. The van der Waals surface area contributed by atoms with Crippen molar-refractivity contribution in [2.75, 3.05) is 28.6 Å². The lowest BCUT2D eigenvalue weighted by Crippen LogP contribution is -2.24. The number of carbonyl (C=O) groups is 2. The van der Waals surface area contributed by atoms with E-state index in [4.69, 9.17) is 5.73 Å². The van der Waals surface area contributed by atoms with E-state index in [1.165, 1.54) is 18.2 Å². The number of aryl methyl sites for hydroxylation is 3. The number of nitrogens with two attached hydrogens (primary N) is 1. The van der Waals surface area contributed by atoms with E-state index >= 15 is 0 Å². The van der Waals surface area contributed by atoms with Crippen molar-refractivity contribution in [1.29, 1.82) is 0 Å². The van der Waals surface area contributed by atoms with Gasteiger partial charge in [-0.2, -0.15) is 15.3 Å². The Morgan fingerprint density at radius 1 is 0.660 bits per heavy atom. The van der Waals surface area contributed by atoms with E-state index in [1.807, 2.05) is 32.3 Å². The van der Waals surface area contributed by atoms with Crippen LogP contribution in [-0.4, -0.2) is 64.1 Å². The molecule has 2 aliphatic rings. The molecule has 5 heterocycles. The molecule has 6 aromatic rings. The van der Waals surface area contributed by atoms with Crippen molar-refractivity contribution in [3.63, 3.8) is 0 Å². The quantitative estimate of drug-likeness (QED) is 0.110. The first kappa shape index (κ1) is 34.2. The topological polar surface area (TPSA) is 206 Å². The van der Waals surface area contributed by atoms with Crippen molar-refractivity contribution < 1.29 is 19.4 Å². The number of rotatable bonds is 4. The van der Waals surface area contributed by atoms with E-state index in [0.717, 1.165) is 56.2 Å². The van der Waals surface area contributed by atoms with Crippen LogP contribution in [0.15, 0.2) is 54.6 Å². The molecule has 2 amide bonds. The van der Waals surface area contributed by atoms with Crippen LogP contribution in [0.1, 0.15) is 25.7 Å². The van der Waals surface area contributed by atoms with Gasteiger partial charge in [-0.25, -0.2) is 0 Å². The number of nitro benzene ring substituents is 2. The number of carbonyl (C=O) groups excluding carboxylic acids is 2. The Morgan fingerprint density at radius 2 is 1.08 bits per heavy atom. The lowest BCUT2D eigenvalue weighted by molar-refractivity contribution is -0.384. The van der Waals surface area contributed by atoms with E-state index < -0.39 is 9.85 Å². The zero-order valence-corrected chi connectivity index (χ0v) is 29.5. The third-order valence-corrected chi connectivity index (χ3v) is 9.33. The smallest absolute Gasteiger partial charge is 0.270 e. The Hall–Kier alpha value is -5.66. The first-order chi connectivity index (χ1) is 23.8. The van der Waals surface area contributed by atoms with Crippen LogP contribution in [0.5, 0.6) is 0 Å². The molecule has 2 N–H and O–H groups in total. The standard InChI is InChI=1S/C12H12N4O3.C12H14N4O.C8H6IN3O2/c1-14-10-5-4-8(16(18)19)7-9(10)12(13-14)15-6-2-3-11(15)17;1-15-10-5-4-8(13)7-9(10)12(14-15)16-6-2-3-11(16)17;1-11-7-3-2-5(12(13)14)4-6(7)8(9)10-11/h4-5,7H,2-3,6H2,1H3;4-5,7H,2-3,6,13H2,1H3;2-4H,1H3. The molecule has 18 heteroatoms. The van der Waals surface area contributed by atoms with E-state index in [-0.39, 0.29) is 23.2 Å². The summed E-state index contributed by atoms with van der Waals surface area (Å²) in [6, 6.07) is 15.0. The van der Waals surface area contributed by atoms with Gasteiger partial charge >= 0.3 is 0 Å². The fraction of sp³-hybridized carbons (Fsp3) is 0.281. The van der Waals surface area contributed by atoms with Gasteiger partial charge in [0, 0.05) is 87.8 Å². The van der Waals surface area contributed by atoms with E-state index in [1.54, 1.807) is 49.1 Å². The second kappa shape index (κ2) is 13.7. The molecular formula is C32H32IN11O6. The number of anilines is 3. The molecular weight excluding hydrogens is 761 g/mol. The molecule has 2 fully saturated rings. The highest BCUT2D eigenvalue weighted by Crippen LogP contribution is 2.32. The summed E-state index contributed by atoms with van der Waals surface area (Å²) in [6.45, 7) is 1.37. The molecule has 50 heavy (non-hydrogen) atoms. The minimum atomic E-state index is -0.442. The average molecular weight is 794 g/mol. The number of amides is 2. The Kier molecular flexibility index (Phi) is 9.37. The number of nitrogen functional groups attached to an aromatic ring is 1. The van der Waals surface area contributed by atoms with Crippen molar-refractivity contribution in [2.45, 2.75) is 25.7 Å². The Labute approximate surface area is 297 Å². The number of nitro groups is 2. The second-order valence-corrected chi connectivity index (χ2v) is 12.8. The number of nitrogens with zero attached hydrogens (tertiary/aromatic N) is 10. The van der Waals surface area contributed by atoms with E-state index in [2.05, 4.69) is 37.9 Å². The van der Waals surface area contributed by atoms with Crippen LogP contribution in [0, 0.1) is 23.9 Å². The van der Waals surface area contributed by atoms with Crippen LogP contribution in [-0.2, 0) is 30.7 Å². The van der Waals surface area contributed by atoms with Crippen molar-refractivity contribution >= 4 is 95.8 Å². The maximum atomic E-state index is 11.8. The van der Waals surface area contributed by atoms with Gasteiger partial charge in [0.15, 0.2) is 11.6 Å². The molecule has 0 atom stereocenters. The molecule has 2 saturated heterocycles. The summed E-state index contributed by atoms with van der Waals surface area (Å²) in [5, 5.41) is 36.7. The highest BCUT2D eigenvalue weighted by Gasteiger charge is 2.28. The van der Waals surface area contributed by atoms with E-state index in [9.17, 15) is 29.8 Å². The average Bonchev–Trinajstić information content (AvgIpc) is 3.90. The molecule has 8 rings (SSSR count). The van der Waals surface area contributed by atoms with Crippen molar-refractivity contribution in [3.05, 3.63) is 78.5 Å². The van der Waals surface area contributed by atoms with Gasteiger partial charge in [-0.1, -0.05) is 0 Å². The van der Waals surface area contributed by atoms with Crippen LogP contribution in [0.25, 0.3) is 32.7 Å². The first-order valence-corrected chi connectivity index (χ1v) is 16.6. The summed E-state index contributed by atoms with van der Waals surface area (Å²) in [6.07, 6.45) is 2.82. The number of halogens is 1. The van der Waals surface area contributed by atoms with Gasteiger partial charge in [0.05, 0.1) is 31.8 Å². The number of hydrogen-bond acceptors (Lipinski definition) is 10. The Morgan fingerprint density at radius 3 is 1.54 bits per heavy atom. The summed E-state index contributed by atoms with van der Waals surface area (Å²) in [5.74, 6) is 1.42. The Bertz CT molecular complexity index is 2330. The van der Waals surface area contributed by atoms with Gasteiger partial charge in [-0.3, -0.25) is 53.7 Å². The predicted octanol–water partition coefficient (Wildman–Crippen LogP) is 4.98. The van der Waals surface area contributed by atoms with Gasteiger partial charge in [-0.15, -0.1) is 0 Å². The number of benzene rings is 3. The molecule has 0 saturated carbocycles. The molecule has 3 aromatic heterocycles. The molecule has 258 valence electrons. The molecule has 0 spiro atoms.